The first-order valence-electron chi connectivity index (χ1n) is 17.4. The molecule has 1 aliphatic heterocycles. The minimum Gasteiger partial charge on any atom is -0.309 e. The molecule has 0 amide bonds. The molecule has 0 unspecified atom stereocenters. The third-order valence-corrected chi connectivity index (χ3v) is 11.2. The maximum atomic E-state index is 2.43. The summed E-state index contributed by atoms with van der Waals surface area (Å²) in [6.07, 6.45) is 0. The van der Waals surface area contributed by atoms with Gasteiger partial charge in [0.25, 0.3) is 0 Å². The predicted octanol–water partition coefficient (Wildman–Crippen LogP) is 13.3. The van der Waals surface area contributed by atoms with Crippen molar-refractivity contribution in [2.75, 3.05) is 4.90 Å². The lowest BCUT2D eigenvalue weighted by Gasteiger charge is -2.43. The zero-order valence-corrected chi connectivity index (χ0v) is 28.9. The minimum atomic E-state index is -0.504. The van der Waals surface area contributed by atoms with E-state index in [2.05, 4.69) is 217 Å². The van der Waals surface area contributed by atoms with Crippen LogP contribution in [0.1, 0.15) is 22.3 Å². The van der Waals surface area contributed by atoms with Crippen molar-refractivity contribution in [2.24, 2.45) is 0 Å². The van der Waals surface area contributed by atoms with Crippen LogP contribution in [0.5, 0.6) is 0 Å². The molecular formula is C49H35NS. The Morgan fingerprint density at radius 2 is 0.745 bits per heavy atom. The second-order valence-corrected chi connectivity index (χ2v) is 13.9. The molecule has 242 valence electrons. The van der Waals surface area contributed by atoms with Gasteiger partial charge >= 0.3 is 0 Å². The summed E-state index contributed by atoms with van der Waals surface area (Å²) in [5.41, 5.74) is 12.8. The number of rotatable bonds is 7. The fourth-order valence-electron chi connectivity index (χ4n) is 7.68. The quantitative estimate of drug-likeness (QED) is 0.166. The van der Waals surface area contributed by atoms with Gasteiger partial charge in [-0.1, -0.05) is 188 Å². The lowest BCUT2D eigenvalue weighted by atomic mass is 9.64. The molecule has 0 bridgehead atoms. The molecule has 8 aromatic rings. The fourth-order valence-corrected chi connectivity index (χ4v) is 8.98. The van der Waals surface area contributed by atoms with Crippen molar-refractivity contribution < 1.29 is 0 Å². The summed E-state index contributed by atoms with van der Waals surface area (Å²) in [4.78, 5) is 4.96. The van der Waals surface area contributed by atoms with Crippen molar-refractivity contribution in [3.63, 3.8) is 0 Å². The van der Waals surface area contributed by atoms with E-state index in [0.717, 1.165) is 17.1 Å². The fraction of sp³-hybridized carbons (Fsp3) is 0.0204. The minimum absolute atomic E-state index is 0.504. The smallest absolute Gasteiger partial charge is 0.0724 e. The summed E-state index contributed by atoms with van der Waals surface area (Å²) in [5, 5.41) is 0. The molecule has 0 spiro atoms. The zero-order valence-electron chi connectivity index (χ0n) is 28.1. The monoisotopic (exact) mass is 669 g/mol. The number of benzene rings is 8. The number of anilines is 3. The van der Waals surface area contributed by atoms with E-state index < -0.39 is 5.41 Å². The molecule has 1 heterocycles. The van der Waals surface area contributed by atoms with Gasteiger partial charge in [0, 0.05) is 21.2 Å². The highest BCUT2D eigenvalue weighted by Crippen LogP contribution is 2.58. The van der Waals surface area contributed by atoms with Crippen molar-refractivity contribution >= 4 is 28.8 Å². The summed E-state index contributed by atoms with van der Waals surface area (Å²) in [6, 6.07) is 77.1. The van der Waals surface area contributed by atoms with Crippen LogP contribution in [0.3, 0.4) is 0 Å². The van der Waals surface area contributed by atoms with Crippen molar-refractivity contribution in [1.82, 2.24) is 0 Å². The summed E-state index contributed by atoms with van der Waals surface area (Å²) in [5.74, 6) is 0. The van der Waals surface area contributed by atoms with Crippen molar-refractivity contribution in [3.8, 4) is 22.3 Å². The molecule has 51 heavy (non-hydrogen) atoms. The van der Waals surface area contributed by atoms with E-state index in [-0.39, 0.29) is 0 Å². The lowest BCUT2D eigenvalue weighted by molar-refractivity contribution is 0.703. The van der Waals surface area contributed by atoms with E-state index in [4.69, 9.17) is 0 Å². The Hall–Kier alpha value is -6.09. The maximum absolute atomic E-state index is 2.43. The summed E-state index contributed by atoms with van der Waals surface area (Å²) < 4.78 is 0. The van der Waals surface area contributed by atoms with Gasteiger partial charge in [-0.3, -0.25) is 0 Å². The normalized spacial score (nSPS) is 12.8. The number of hydrogen-bond donors (Lipinski definition) is 0. The molecule has 2 heteroatoms. The van der Waals surface area contributed by atoms with E-state index in [1.165, 1.54) is 54.3 Å². The van der Waals surface area contributed by atoms with E-state index >= 15 is 0 Å². The zero-order chi connectivity index (χ0) is 34.0. The highest BCUT2D eigenvalue weighted by molar-refractivity contribution is 7.99. The predicted molar refractivity (Wildman–Crippen MR) is 214 cm³/mol. The molecule has 0 N–H and O–H groups in total. The van der Waals surface area contributed by atoms with Gasteiger partial charge in [0.15, 0.2) is 0 Å². The van der Waals surface area contributed by atoms with Crippen LogP contribution in [-0.4, -0.2) is 0 Å². The van der Waals surface area contributed by atoms with Crippen molar-refractivity contribution in [3.05, 3.63) is 235 Å². The Bertz CT molecular complexity index is 2280. The molecule has 8 aromatic carbocycles. The molecule has 0 radical (unpaired) electrons. The van der Waals surface area contributed by atoms with E-state index in [1.54, 1.807) is 0 Å². The maximum Gasteiger partial charge on any atom is 0.0724 e. The van der Waals surface area contributed by atoms with E-state index in [9.17, 15) is 0 Å². The van der Waals surface area contributed by atoms with Crippen LogP contribution in [0.2, 0.25) is 0 Å². The molecule has 9 rings (SSSR count). The average Bonchev–Trinajstić information content (AvgIpc) is 3.22. The van der Waals surface area contributed by atoms with Crippen LogP contribution in [0.4, 0.5) is 17.1 Å². The van der Waals surface area contributed by atoms with Crippen molar-refractivity contribution in [2.45, 2.75) is 15.2 Å². The van der Waals surface area contributed by atoms with Crippen molar-refractivity contribution in [1.29, 1.82) is 0 Å². The van der Waals surface area contributed by atoms with Crippen LogP contribution in [0.25, 0.3) is 22.3 Å². The topological polar surface area (TPSA) is 3.24 Å². The van der Waals surface area contributed by atoms with Crippen LogP contribution in [0.15, 0.2) is 222 Å². The first-order valence-corrected chi connectivity index (χ1v) is 18.3. The van der Waals surface area contributed by atoms with Gasteiger partial charge in [0.2, 0.25) is 0 Å². The molecule has 0 saturated heterocycles. The molecule has 0 saturated carbocycles. The molecule has 0 aliphatic carbocycles. The average molecular weight is 670 g/mol. The summed E-state index contributed by atoms with van der Waals surface area (Å²) >= 11 is 1.88. The Kier molecular flexibility index (Phi) is 8.08. The number of nitrogens with zero attached hydrogens (tertiary/aromatic N) is 1. The first-order chi connectivity index (χ1) is 25.3. The van der Waals surface area contributed by atoms with E-state index in [1.807, 2.05) is 11.8 Å². The van der Waals surface area contributed by atoms with Crippen LogP contribution < -0.4 is 4.90 Å². The SMILES string of the molecule is c1ccc(-c2ccc(N(c3ccc(-c4ccccc4)cc3)c3cccc4c3Sc3ccccc3C4(c3ccccc3)c3ccccc3)cc2)cc1. The van der Waals surface area contributed by atoms with Gasteiger partial charge in [-0.15, -0.1) is 0 Å². The molecular weight excluding hydrogens is 635 g/mol. The second kappa shape index (κ2) is 13.3. The van der Waals surface area contributed by atoms with E-state index in [0.29, 0.717) is 0 Å². The third-order valence-electron chi connectivity index (χ3n) is 10.0. The molecule has 1 aliphatic rings. The standard InChI is InChI=1S/C49H35NS/c1-5-16-36(17-6-1)38-28-32-42(33-29-38)50(43-34-30-39(31-35-43)37-18-7-2-8-19-37)46-26-15-25-45-48(46)51-47-27-14-13-24-44(47)49(45,40-20-9-3-10-21-40)41-22-11-4-12-23-41/h1-35H. The first kappa shape index (κ1) is 30.9. The Morgan fingerprint density at radius 1 is 0.333 bits per heavy atom. The highest BCUT2D eigenvalue weighted by Gasteiger charge is 2.45. The van der Waals surface area contributed by atoms with Gasteiger partial charge in [-0.05, 0) is 80.9 Å². The Balaban J connectivity index is 1.28. The third kappa shape index (κ3) is 5.45. The summed E-state index contributed by atoms with van der Waals surface area (Å²) in [6.45, 7) is 0. The molecule has 0 aromatic heterocycles. The highest BCUT2D eigenvalue weighted by atomic mass is 32.2. The van der Waals surface area contributed by atoms with Crippen LogP contribution in [0, 0.1) is 0 Å². The second-order valence-electron chi connectivity index (χ2n) is 12.9. The molecule has 1 nitrogen and oxygen atoms in total. The summed E-state index contributed by atoms with van der Waals surface area (Å²) in [7, 11) is 0. The Labute approximate surface area is 304 Å². The largest absolute Gasteiger partial charge is 0.309 e. The lowest BCUT2D eigenvalue weighted by Crippen LogP contribution is -2.34. The van der Waals surface area contributed by atoms with Gasteiger partial charge in [-0.25, -0.2) is 0 Å². The van der Waals surface area contributed by atoms with Crippen LogP contribution in [-0.2, 0) is 5.41 Å². The number of fused-ring (bicyclic) bond motifs is 2. The van der Waals surface area contributed by atoms with Gasteiger partial charge in [0.05, 0.1) is 11.1 Å². The number of hydrogen-bond acceptors (Lipinski definition) is 2. The van der Waals surface area contributed by atoms with Gasteiger partial charge in [-0.2, -0.15) is 0 Å². The van der Waals surface area contributed by atoms with Crippen LogP contribution >= 0.6 is 11.8 Å². The van der Waals surface area contributed by atoms with Gasteiger partial charge in [0.1, 0.15) is 0 Å². The Morgan fingerprint density at radius 3 is 1.25 bits per heavy atom. The van der Waals surface area contributed by atoms with Gasteiger partial charge < -0.3 is 4.90 Å². The molecule has 0 atom stereocenters. The molecule has 0 fully saturated rings.